The van der Waals surface area contributed by atoms with Gasteiger partial charge in [-0.15, -0.1) is 0 Å². The summed E-state index contributed by atoms with van der Waals surface area (Å²) in [6.45, 7) is 2.91. The molecule has 1 atom stereocenters. The first-order chi connectivity index (χ1) is 14.7. The number of fused-ring (bicyclic) bond motifs is 2. The van der Waals surface area contributed by atoms with Crippen LogP contribution in [0.3, 0.4) is 0 Å². The highest BCUT2D eigenvalue weighted by atomic mass is 15.3. The standard InChI is InChI=1S/C22H28N8/c23-17-6-1-7-22(17)8-12-29(13-9-22)21-27-19-20(28-21)26-18(14-25-19)30-11-3-4-15-16(30)5-2-10-24-15/h2,5,10,14,17H,1,3-4,6-9,11-13,23H2,(H,25,26,27,28)/t17-/m1/s1. The smallest absolute Gasteiger partial charge is 0.206 e. The van der Waals surface area contributed by atoms with E-state index in [2.05, 4.69) is 30.8 Å². The highest BCUT2D eigenvalue weighted by Gasteiger charge is 2.43. The van der Waals surface area contributed by atoms with Gasteiger partial charge in [-0.2, -0.15) is 4.98 Å². The number of anilines is 3. The SMILES string of the molecule is N[C@@H]1CCCC12CCN(c1nc3ncc(N4CCCc5ncccc54)nc3[nH]1)CC2. The van der Waals surface area contributed by atoms with E-state index in [0.717, 1.165) is 74.1 Å². The minimum atomic E-state index is 0.349. The number of rotatable bonds is 2. The molecule has 1 saturated heterocycles. The molecule has 0 amide bonds. The van der Waals surface area contributed by atoms with Gasteiger partial charge in [0.05, 0.1) is 17.6 Å². The number of nitrogens with zero attached hydrogens (tertiary/aromatic N) is 6. The van der Waals surface area contributed by atoms with E-state index in [1.807, 2.05) is 18.5 Å². The normalized spacial score (nSPS) is 23.3. The van der Waals surface area contributed by atoms with Crippen LogP contribution in [-0.2, 0) is 6.42 Å². The molecule has 8 nitrogen and oxygen atoms in total. The highest BCUT2D eigenvalue weighted by molar-refractivity contribution is 5.73. The van der Waals surface area contributed by atoms with Crippen LogP contribution in [0.4, 0.5) is 17.5 Å². The van der Waals surface area contributed by atoms with Crippen molar-refractivity contribution in [3.8, 4) is 0 Å². The number of nitrogens with two attached hydrogens (primary N) is 1. The number of hydrogen-bond acceptors (Lipinski definition) is 7. The monoisotopic (exact) mass is 404 g/mol. The molecular weight excluding hydrogens is 376 g/mol. The molecule has 2 aliphatic heterocycles. The minimum Gasteiger partial charge on any atom is -0.342 e. The van der Waals surface area contributed by atoms with Gasteiger partial charge in [-0.1, -0.05) is 6.42 Å². The summed E-state index contributed by atoms with van der Waals surface area (Å²) >= 11 is 0. The molecule has 8 heteroatoms. The molecule has 0 radical (unpaired) electrons. The number of nitrogens with one attached hydrogen (secondary N) is 1. The van der Waals surface area contributed by atoms with E-state index >= 15 is 0 Å². The van der Waals surface area contributed by atoms with Crippen LogP contribution in [0.2, 0.25) is 0 Å². The van der Waals surface area contributed by atoms with Crippen molar-refractivity contribution in [3.63, 3.8) is 0 Å². The Morgan fingerprint density at radius 1 is 1.07 bits per heavy atom. The summed E-state index contributed by atoms with van der Waals surface area (Å²) in [7, 11) is 0. The van der Waals surface area contributed by atoms with Crippen molar-refractivity contribution in [2.45, 2.75) is 51.0 Å². The first-order valence-corrected chi connectivity index (χ1v) is 11.2. The third-order valence-corrected chi connectivity index (χ3v) is 7.45. The van der Waals surface area contributed by atoms with Crippen LogP contribution in [0.25, 0.3) is 11.3 Å². The second-order valence-electron chi connectivity index (χ2n) is 9.03. The molecule has 0 aromatic carbocycles. The lowest BCUT2D eigenvalue weighted by atomic mass is 9.74. The Morgan fingerprint density at radius 2 is 1.97 bits per heavy atom. The molecule has 2 fully saturated rings. The average Bonchev–Trinajstić information content (AvgIpc) is 3.37. The van der Waals surface area contributed by atoms with Crippen molar-refractivity contribution in [2.24, 2.45) is 11.1 Å². The van der Waals surface area contributed by atoms with Crippen LogP contribution >= 0.6 is 0 Å². The molecule has 156 valence electrons. The quantitative estimate of drug-likeness (QED) is 0.677. The predicted molar refractivity (Wildman–Crippen MR) is 117 cm³/mol. The Morgan fingerprint density at radius 3 is 2.80 bits per heavy atom. The lowest BCUT2D eigenvalue weighted by Gasteiger charge is -2.42. The van der Waals surface area contributed by atoms with Crippen LogP contribution < -0.4 is 15.5 Å². The molecule has 3 aromatic rings. The number of aromatic amines is 1. The Kier molecular flexibility index (Phi) is 4.16. The summed E-state index contributed by atoms with van der Waals surface area (Å²) in [6, 6.07) is 4.46. The number of imidazole rings is 1. The number of aromatic nitrogens is 5. The van der Waals surface area contributed by atoms with Gasteiger partial charge in [0.1, 0.15) is 0 Å². The zero-order valence-corrected chi connectivity index (χ0v) is 17.2. The van der Waals surface area contributed by atoms with Crippen molar-refractivity contribution in [2.75, 3.05) is 29.4 Å². The zero-order chi connectivity index (χ0) is 20.1. The average molecular weight is 405 g/mol. The summed E-state index contributed by atoms with van der Waals surface area (Å²) in [5.74, 6) is 1.73. The van der Waals surface area contributed by atoms with Gasteiger partial charge in [0.2, 0.25) is 5.95 Å². The highest BCUT2D eigenvalue weighted by Crippen LogP contribution is 2.45. The Bertz CT molecular complexity index is 1070. The molecule has 1 spiro atoms. The van der Waals surface area contributed by atoms with Gasteiger partial charge in [-0.3, -0.25) is 4.98 Å². The van der Waals surface area contributed by atoms with E-state index in [4.69, 9.17) is 15.7 Å². The lowest BCUT2D eigenvalue weighted by Crippen LogP contribution is -2.47. The van der Waals surface area contributed by atoms with Gasteiger partial charge in [0.25, 0.3) is 0 Å². The Labute approximate surface area is 175 Å². The van der Waals surface area contributed by atoms with E-state index in [-0.39, 0.29) is 0 Å². The van der Waals surface area contributed by atoms with E-state index < -0.39 is 0 Å². The van der Waals surface area contributed by atoms with Crippen LogP contribution in [0.5, 0.6) is 0 Å². The van der Waals surface area contributed by atoms with Crippen molar-refractivity contribution in [1.82, 2.24) is 24.9 Å². The molecule has 3 aliphatic rings. The fourth-order valence-corrected chi connectivity index (χ4v) is 5.63. The van der Waals surface area contributed by atoms with Crippen LogP contribution in [0, 0.1) is 5.41 Å². The molecule has 0 unspecified atom stereocenters. The lowest BCUT2D eigenvalue weighted by molar-refractivity contribution is 0.197. The number of H-pyrrole nitrogens is 1. The molecule has 30 heavy (non-hydrogen) atoms. The maximum absolute atomic E-state index is 6.44. The molecular formula is C22H28N8. The van der Waals surface area contributed by atoms with E-state index in [0.29, 0.717) is 17.1 Å². The Balaban J connectivity index is 1.26. The van der Waals surface area contributed by atoms with Gasteiger partial charge in [-0.25, -0.2) is 9.97 Å². The third kappa shape index (κ3) is 2.85. The Hall–Kier alpha value is -2.74. The molecule has 3 N–H and O–H groups in total. The van der Waals surface area contributed by atoms with Crippen LogP contribution in [0.1, 0.15) is 44.2 Å². The fourth-order valence-electron chi connectivity index (χ4n) is 5.63. The largest absolute Gasteiger partial charge is 0.342 e. The third-order valence-electron chi connectivity index (χ3n) is 7.45. The van der Waals surface area contributed by atoms with Crippen molar-refractivity contribution in [1.29, 1.82) is 0 Å². The first kappa shape index (κ1) is 18.1. The van der Waals surface area contributed by atoms with Crippen molar-refractivity contribution < 1.29 is 0 Å². The van der Waals surface area contributed by atoms with Gasteiger partial charge in [-0.05, 0) is 56.1 Å². The number of aryl methyl sites for hydroxylation is 1. The minimum absolute atomic E-state index is 0.349. The summed E-state index contributed by atoms with van der Waals surface area (Å²) in [4.78, 5) is 26.7. The molecule has 1 aliphatic carbocycles. The maximum Gasteiger partial charge on any atom is 0.206 e. The molecule has 0 bridgehead atoms. The van der Waals surface area contributed by atoms with Gasteiger partial charge in [0, 0.05) is 31.9 Å². The predicted octanol–water partition coefficient (Wildman–Crippen LogP) is 2.93. The fraction of sp³-hybridized carbons (Fsp3) is 0.545. The topological polar surface area (TPSA) is 99.8 Å². The van der Waals surface area contributed by atoms with Gasteiger partial charge < -0.3 is 20.5 Å². The van der Waals surface area contributed by atoms with Gasteiger partial charge in [0.15, 0.2) is 17.1 Å². The number of piperidine rings is 1. The zero-order valence-electron chi connectivity index (χ0n) is 17.2. The first-order valence-electron chi connectivity index (χ1n) is 11.2. The maximum atomic E-state index is 6.44. The molecule has 3 aromatic heterocycles. The summed E-state index contributed by atoms with van der Waals surface area (Å²) in [6.07, 6.45) is 11.8. The van der Waals surface area contributed by atoms with Crippen molar-refractivity contribution >= 4 is 28.7 Å². The molecule has 5 heterocycles. The van der Waals surface area contributed by atoms with Gasteiger partial charge >= 0.3 is 0 Å². The van der Waals surface area contributed by atoms with E-state index in [9.17, 15) is 0 Å². The van der Waals surface area contributed by atoms with E-state index in [1.165, 1.54) is 19.3 Å². The number of pyridine rings is 1. The second-order valence-corrected chi connectivity index (χ2v) is 9.03. The second kappa shape index (κ2) is 6.91. The summed E-state index contributed by atoms with van der Waals surface area (Å²) < 4.78 is 0. The van der Waals surface area contributed by atoms with Crippen molar-refractivity contribution in [3.05, 3.63) is 30.2 Å². The van der Waals surface area contributed by atoms with Crippen LogP contribution in [-0.4, -0.2) is 50.6 Å². The molecule has 6 rings (SSSR count). The summed E-state index contributed by atoms with van der Waals surface area (Å²) in [5, 5.41) is 0. The van der Waals surface area contributed by atoms with E-state index in [1.54, 1.807) is 0 Å². The number of hydrogen-bond donors (Lipinski definition) is 2. The van der Waals surface area contributed by atoms with Crippen LogP contribution in [0.15, 0.2) is 24.5 Å². The molecule has 1 saturated carbocycles. The summed E-state index contributed by atoms with van der Waals surface area (Å²) in [5.41, 5.74) is 10.5.